The van der Waals surface area contributed by atoms with Gasteiger partial charge in [0, 0.05) is 12.1 Å². The molecule has 0 bridgehead atoms. The van der Waals surface area contributed by atoms with Crippen LogP contribution in [0.25, 0.3) is 22.1 Å². The minimum absolute atomic E-state index is 0.547. The van der Waals surface area contributed by atoms with Crippen molar-refractivity contribution in [1.29, 1.82) is 0 Å². The quantitative estimate of drug-likeness (QED) is 0.341. The Balaban J connectivity index is 1.52. The maximum absolute atomic E-state index is 5.40. The zero-order chi connectivity index (χ0) is 20.1. The summed E-state index contributed by atoms with van der Waals surface area (Å²) in [5.41, 5.74) is 1.01. The van der Waals surface area contributed by atoms with Gasteiger partial charge >= 0.3 is 0 Å². The van der Waals surface area contributed by atoms with Crippen LogP contribution in [0.1, 0.15) is 25.7 Å². The molecule has 0 aliphatic carbocycles. The Hall–Kier alpha value is -2.65. The van der Waals surface area contributed by atoms with Gasteiger partial charge in [0.2, 0.25) is 11.7 Å². The lowest BCUT2D eigenvalue weighted by Gasteiger charge is -2.09. The monoisotopic (exact) mass is 427 g/mol. The van der Waals surface area contributed by atoms with E-state index < -0.39 is 0 Å². The van der Waals surface area contributed by atoms with Gasteiger partial charge in [-0.2, -0.15) is 4.98 Å². The van der Waals surface area contributed by atoms with Crippen molar-refractivity contribution < 1.29 is 9.26 Å². The summed E-state index contributed by atoms with van der Waals surface area (Å²) >= 11 is 3.15. The van der Waals surface area contributed by atoms with E-state index in [0.717, 1.165) is 46.6 Å². The summed E-state index contributed by atoms with van der Waals surface area (Å²) in [5.74, 6) is 3.43. The van der Waals surface area contributed by atoms with Gasteiger partial charge in [0.1, 0.15) is 5.75 Å². The number of unbranched alkanes of at least 4 members (excludes halogenated alkanes) is 1. The Bertz CT molecular complexity index is 1040. The molecule has 0 aliphatic rings. The van der Waals surface area contributed by atoms with E-state index in [4.69, 9.17) is 9.26 Å². The molecule has 150 valence electrons. The van der Waals surface area contributed by atoms with Crippen LogP contribution < -0.4 is 4.74 Å². The van der Waals surface area contributed by atoms with Gasteiger partial charge in [-0.3, -0.25) is 0 Å². The van der Waals surface area contributed by atoms with Crippen molar-refractivity contribution in [2.45, 2.75) is 37.2 Å². The van der Waals surface area contributed by atoms with E-state index in [1.54, 1.807) is 30.2 Å². The molecule has 0 amide bonds. The maximum Gasteiger partial charge on any atom is 0.237 e. The van der Waals surface area contributed by atoms with Crippen LogP contribution in [0.5, 0.6) is 5.75 Å². The van der Waals surface area contributed by atoms with E-state index >= 15 is 0 Å². The summed E-state index contributed by atoms with van der Waals surface area (Å²) in [5, 5.41) is 15.8. The fourth-order valence-electron chi connectivity index (χ4n) is 2.81. The predicted octanol–water partition coefficient (Wildman–Crippen LogP) is 5.16. The molecule has 4 aromatic rings. The summed E-state index contributed by atoms with van der Waals surface area (Å²) in [6.07, 6.45) is 2.15. The van der Waals surface area contributed by atoms with Crippen molar-refractivity contribution in [3.8, 4) is 27.8 Å². The normalized spacial score (nSPS) is 11.1. The fraction of sp³-hybridized carbons (Fsp3) is 0.300. The zero-order valence-electron chi connectivity index (χ0n) is 16.2. The van der Waals surface area contributed by atoms with Crippen molar-refractivity contribution in [2.75, 3.05) is 7.11 Å². The lowest BCUT2D eigenvalue weighted by atomic mass is 10.2. The van der Waals surface area contributed by atoms with Crippen LogP contribution in [-0.2, 0) is 12.3 Å². The maximum atomic E-state index is 5.40. The molecule has 3 heterocycles. The number of aromatic nitrogens is 5. The second kappa shape index (κ2) is 9.23. The molecule has 0 aliphatic heterocycles. The van der Waals surface area contributed by atoms with Gasteiger partial charge in [0.15, 0.2) is 11.0 Å². The van der Waals surface area contributed by atoms with Crippen molar-refractivity contribution >= 4 is 23.1 Å². The largest absolute Gasteiger partial charge is 0.497 e. The summed E-state index contributed by atoms with van der Waals surface area (Å²) in [7, 11) is 1.66. The van der Waals surface area contributed by atoms with Gasteiger partial charge in [-0.25, -0.2) is 0 Å². The number of methoxy groups -OCH3 is 1. The van der Waals surface area contributed by atoms with Crippen molar-refractivity contribution in [3.63, 3.8) is 0 Å². The van der Waals surface area contributed by atoms with Gasteiger partial charge in [0.25, 0.3) is 0 Å². The minimum atomic E-state index is 0.547. The number of thiophene rings is 1. The van der Waals surface area contributed by atoms with E-state index in [1.807, 2.05) is 41.8 Å². The Kier molecular flexibility index (Phi) is 6.26. The molecule has 7 nitrogen and oxygen atoms in total. The molecule has 0 unspecified atom stereocenters. The third kappa shape index (κ3) is 4.51. The van der Waals surface area contributed by atoms with E-state index in [0.29, 0.717) is 17.5 Å². The SMILES string of the molecule is CCCCn1c(SCc2nc(-c3cccs3)no2)nnc1-c1ccc(OC)cc1. The highest BCUT2D eigenvalue weighted by Crippen LogP contribution is 2.28. The van der Waals surface area contributed by atoms with Crippen molar-refractivity contribution in [1.82, 2.24) is 24.9 Å². The van der Waals surface area contributed by atoms with Crippen LogP contribution in [0.15, 0.2) is 51.5 Å². The third-order valence-electron chi connectivity index (χ3n) is 4.33. The molecule has 29 heavy (non-hydrogen) atoms. The first-order valence-corrected chi connectivity index (χ1v) is 11.2. The Morgan fingerprint density at radius 1 is 1.17 bits per heavy atom. The Labute approximate surface area is 177 Å². The second-order valence-corrected chi connectivity index (χ2v) is 8.21. The van der Waals surface area contributed by atoms with Gasteiger partial charge in [-0.05, 0) is 42.1 Å². The van der Waals surface area contributed by atoms with Gasteiger partial charge in [-0.1, -0.05) is 36.3 Å². The smallest absolute Gasteiger partial charge is 0.237 e. The van der Waals surface area contributed by atoms with Gasteiger partial charge in [0.05, 0.1) is 17.7 Å². The third-order valence-corrected chi connectivity index (χ3v) is 6.15. The highest BCUT2D eigenvalue weighted by Gasteiger charge is 2.16. The zero-order valence-corrected chi connectivity index (χ0v) is 17.9. The van der Waals surface area contributed by atoms with E-state index in [2.05, 4.69) is 31.8 Å². The van der Waals surface area contributed by atoms with Crippen LogP contribution in [0.3, 0.4) is 0 Å². The summed E-state index contributed by atoms with van der Waals surface area (Å²) < 4.78 is 12.8. The fourth-order valence-corrected chi connectivity index (χ4v) is 4.26. The molecule has 0 N–H and O–H groups in total. The number of hydrogen-bond acceptors (Lipinski definition) is 8. The lowest BCUT2D eigenvalue weighted by Crippen LogP contribution is -2.02. The lowest BCUT2D eigenvalue weighted by molar-refractivity contribution is 0.391. The number of nitrogens with zero attached hydrogens (tertiary/aromatic N) is 5. The first-order valence-electron chi connectivity index (χ1n) is 9.35. The average Bonchev–Trinajstić information content (AvgIpc) is 3.51. The predicted molar refractivity (Wildman–Crippen MR) is 114 cm³/mol. The van der Waals surface area contributed by atoms with Crippen LogP contribution in [0, 0.1) is 0 Å². The summed E-state index contributed by atoms with van der Waals surface area (Å²) in [6.45, 7) is 3.03. The molecule has 1 aromatic carbocycles. The van der Waals surface area contributed by atoms with Crippen LogP contribution in [0.4, 0.5) is 0 Å². The Morgan fingerprint density at radius 2 is 2.03 bits per heavy atom. The Morgan fingerprint density at radius 3 is 2.76 bits per heavy atom. The van der Waals surface area contributed by atoms with Crippen molar-refractivity contribution in [2.24, 2.45) is 0 Å². The van der Waals surface area contributed by atoms with Crippen molar-refractivity contribution in [3.05, 3.63) is 47.7 Å². The summed E-state index contributed by atoms with van der Waals surface area (Å²) in [6, 6.07) is 11.8. The standard InChI is InChI=1S/C20H21N5O2S2/c1-3-4-11-25-19(14-7-9-15(26-2)10-8-14)22-23-20(25)29-13-17-21-18(24-27-17)16-6-5-12-28-16/h5-10,12H,3-4,11,13H2,1-2H3. The number of thioether (sulfide) groups is 1. The molecule has 0 atom stereocenters. The van der Waals surface area contributed by atoms with E-state index in [9.17, 15) is 0 Å². The number of hydrogen-bond donors (Lipinski definition) is 0. The first kappa shape index (κ1) is 19.7. The average molecular weight is 428 g/mol. The van der Waals surface area contributed by atoms with E-state index in [1.165, 1.54) is 0 Å². The molecule has 0 saturated carbocycles. The molecule has 4 rings (SSSR count). The van der Waals surface area contributed by atoms with Crippen LogP contribution in [0.2, 0.25) is 0 Å². The number of rotatable bonds is 9. The topological polar surface area (TPSA) is 78.9 Å². The molecule has 0 fully saturated rings. The highest BCUT2D eigenvalue weighted by atomic mass is 32.2. The first-order chi connectivity index (χ1) is 14.3. The van der Waals surface area contributed by atoms with Gasteiger partial charge < -0.3 is 13.8 Å². The molecular formula is C20H21N5O2S2. The second-order valence-electron chi connectivity index (χ2n) is 6.32. The molecule has 0 radical (unpaired) electrons. The highest BCUT2D eigenvalue weighted by molar-refractivity contribution is 7.98. The van der Waals surface area contributed by atoms with Gasteiger partial charge in [-0.15, -0.1) is 21.5 Å². The van der Waals surface area contributed by atoms with Crippen LogP contribution in [-0.4, -0.2) is 32.0 Å². The minimum Gasteiger partial charge on any atom is -0.497 e. The van der Waals surface area contributed by atoms with E-state index in [-0.39, 0.29) is 0 Å². The van der Waals surface area contributed by atoms with Crippen LogP contribution >= 0.6 is 23.1 Å². The molecule has 3 aromatic heterocycles. The molecule has 0 spiro atoms. The number of ether oxygens (including phenoxy) is 1. The molecule has 0 saturated heterocycles. The summed E-state index contributed by atoms with van der Waals surface area (Å²) in [4.78, 5) is 5.48. The molecular weight excluding hydrogens is 406 g/mol. The molecule has 9 heteroatoms. The number of benzene rings is 1.